The van der Waals surface area contributed by atoms with Crippen LogP contribution in [0.5, 0.6) is 0 Å². The Morgan fingerprint density at radius 3 is 3.04 bits per heavy atom. The second kappa shape index (κ2) is 6.78. The molecule has 3 fully saturated rings. The van der Waals surface area contributed by atoms with Gasteiger partial charge in [-0.3, -0.25) is 14.3 Å². The molecule has 1 aromatic rings. The fourth-order valence-corrected chi connectivity index (χ4v) is 4.84. The third kappa shape index (κ3) is 3.05. The highest BCUT2D eigenvalue weighted by atomic mass is 16.2. The van der Waals surface area contributed by atoms with Gasteiger partial charge >= 0.3 is 0 Å². The van der Waals surface area contributed by atoms with Crippen LogP contribution >= 0.6 is 0 Å². The standard InChI is InChI=1S/C18H27N5O2/c1-2-22-7-6-14(21-22)18(25)20-11-16-13-8-12(9-19-10-13)15-4-3-5-17(24)23(15)16/h6-7,12-13,15-16,19H,2-5,8-11H2,1H3,(H,20,25)/t12-,13+,15+,16+/m1/s1. The van der Waals surface area contributed by atoms with Crippen molar-refractivity contribution in [3.05, 3.63) is 18.0 Å². The smallest absolute Gasteiger partial charge is 0.271 e. The second-order valence-corrected chi connectivity index (χ2v) is 7.51. The molecular weight excluding hydrogens is 318 g/mol. The third-order valence-electron chi connectivity index (χ3n) is 6.07. The van der Waals surface area contributed by atoms with Crippen LogP contribution in [-0.2, 0) is 11.3 Å². The molecule has 0 spiro atoms. The van der Waals surface area contributed by atoms with Crippen molar-refractivity contribution < 1.29 is 9.59 Å². The van der Waals surface area contributed by atoms with Crippen LogP contribution in [0.1, 0.15) is 43.1 Å². The van der Waals surface area contributed by atoms with Gasteiger partial charge in [-0.25, -0.2) is 0 Å². The van der Waals surface area contributed by atoms with Gasteiger partial charge in [0.25, 0.3) is 5.91 Å². The number of hydrogen-bond donors (Lipinski definition) is 2. The van der Waals surface area contributed by atoms with E-state index in [0.29, 0.717) is 36.5 Å². The number of rotatable bonds is 4. The highest BCUT2D eigenvalue weighted by Gasteiger charge is 2.47. The number of nitrogens with zero attached hydrogens (tertiary/aromatic N) is 3. The van der Waals surface area contributed by atoms with Gasteiger partial charge < -0.3 is 15.5 Å². The van der Waals surface area contributed by atoms with Crippen LogP contribution in [0.2, 0.25) is 0 Å². The summed E-state index contributed by atoms with van der Waals surface area (Å²) in [5.74, 6) is 1.10. The summed E-state index contributed by atoms with van der Waals surface area (Å²) in [4.78, 5) is 27.1. The first-order valence-electron chi connectivity index (χ1n) is 9.51. The summed E-state index contributed by atoms with van der Waals surface area (Å²) in [6, 6.07) is 2.18. The molecule has 3 aliphatic rings. The average Bonchev–Trinajstić information content (AvgIpc) is 3.11. The summed E-state index contributed by atoms with van der Waals surface area (Å²) in [5, 5.41) is 10.8. The Labute approximate surface area is 148 Å². The van der Waals surface area contributed by atoms with E-state index in [4.69, 9.17) is 0 Å². The molecule has 3 aliphatic heterocycles. The first-order chi connectivity index (χ1) is 12.2. The number of piperidine rings is 3. The number of aromatic nitrogens is 2. The van der Waals surface area contributed by atoms with Crippen molar-refractivity contribution in [3.63, 3.8) is 0 Å². The van der Waals surface area contributed by atoms with Gasteiger partial charge in [0.2, 0.25) is 5.91 Å². The zero-order chi connectivity index (χ0) is 17.4. The SMILES string of the molecule is CCn1ccc(C(=O)NC[C@H]2[C@@H]3CNC[C@@H](C3)[C@@H]3CCCC(=O)N32)n1. The van der Waals surface area contributed by atoms with Crippen molar-refractivity contribution >= 4 is 11.8 Å². The zero-order valence-corrected chi connectivity index (χ0v) is 14.8. The topological polar surface area (TPSA) is 79.3 Å². The summed E-state index contributed by atoms with van der Waals surface area (Å²) in [6.07, 6.45) is 5.71. The van der Waals surface area contributed by atoms with Gasteiger partial charge in [-0.2, -0.15) is 5.10 Å². The van der Waals surface area contributed by atoms with Gasteiger partial charge in [0.15, 0.2) is 0 Å². The van der Waals surface area contributed by atoms with Crippen LogP contribution in [0.4, 0.5) is 0 Å². The Morgan fingerprint density at radius 1 is 1.40 bits per heavy atom. The lowest BCUT2D eigenvalue weighted by atomic mass is 9.72. The number of carbonyl (C=O) groups excluding carboxylic acids is 2. The van der Waals surface area contributed by atoms with E-state index in [1.54, 1.807) is 10.7 Å². The highest BCUT2D eigenvalue weighted by molar-refractivity contribution is 5.92. The molecule has 0 unspecified atom stereocenters. The van der Waals surface area contributed by atoms with E-state index < -0.39 is 0 Å². The van der Waals surface area contributed by atoms with Crippen LogP contribution in [0.25, 0.3) is 0 Å². The Kier molecular flexibility index (Phi) is 4.50. The molecule has 0 radical (unpaired) electrons. The number of aryl methyl sites for hydroxylation is 1. The lowest BCUT2D eigenvalue weighted by molar-refractivity contribution is -0.148. The third-order valence-corrected chi connectivity index (χ3v) is 6.07. The second-order valence-electron chi connectivity index (χ2n) is 7.51. The molecule has 7 nitrogen and oxygen atoms in total. The molecule has 25 heavy (non-hydrogen) atoms. The largest absolute Gasteiger partial charge is 0.349 e. The summed E-state index contributed by atoms with van der Waals surface area (Å²) in [6.45, 7) is 5.19. The molecule has 2 N–H and O–H groups in total. The molecule has 0 saturated carbocycles. The highest BCUT2D eigenvalue weighted by Crippen LogP contribution is 2.39. The Hall–Kier alpha value is -1.89. The maximum atomic E-state index is 12.6. The minimum Gasteiger partial charge on any atom is -0.349 e. The summed E-state index contributed by atoms with van der Waals surface area (Å²) in [7, 11) is 0. The van der Waals surface area contributed by atoms with Crippen LogP contribution < -0.4 is 10.6 Å². The Bertz CT molecular complexity index is 658. The summed E-state index contributed by atoms with van der Waals surface area (Å²) >= 11 is 0. The van der Waals surface area contributed by atoms with E-state index in [9.17, 15) is 9.59 Å². The van der Waals surface area contributed by atoms with Crippen molar-refractivity contribution in [2.75, 3.05) is 19.6 Å². The van der Waals surface area contributed by atoms with E-state index in [1.165, 1.54) is 0 Å². The number of carbonyl (C=O) groups is 2. The predicted molar refractivity (Wildman–Crippen MR) is 93.0 cm³/mol. The minimum atomic E-state index is -0.154. The molecule has 2 amide bonds. The fourth-order valence-electron chi connectivity index (χ4n) is 4.84. The van der Waals surface area contributed by atoms with Crippen molar-refractivity contribution in [1.82, 2.24) is 25.3 Å². The van der Waals surface area contributed by atoms with Crippen LogP contribution in [0, 0.1) is 11.8 Å². The van der Waals surface area contributed by atoms with Crippen LogP contribution in [0.3, 0.4) is 0 Å². The molecule has 7 heteroatoms. The van der Waals surface area contributed by atoms with Gasteiger partial charge in [0, 0.05) is 38.3 Å². The van der Waals surface area contributed by atoms with Crippen molar-refractivity contribution in [1.29, 1.82) is 0 Å². The van der Waals surface area contributed by atoms with Gasteiger partial charge in [0.05, 0.1) is 6.04 Å². The normalized spacial score (nSPS) is 31.6. The molecule has 0 aromatic carbocycles. The van der Waals surface area contributed by atoms with Crippen molar-refractivity contribution in [2.45, 2.75) is 51.2 Å². The zero-order valence-electron chi connectivity index (χ0n) is 14.8. The predicted octanol–water partition coefficient (Wildman–Crippen LogP) is 0.622. The molecule has 3 saturated heterocycles. The summed E-state index contributed by atoms with van der Waals surface area (Å²) in [5.41, 5.74) is 0.443. The quantitative estimate of drug-likeness (QED) is 0.839. The van der Waals surface area contributed by atoms with E-state index in [1.807, 2.05) is 13.1 Å². The van der Waals surface area contributed by atoms with Crippen molar-refractivity contribution in [2.24, 2.45) is 11.8 Å². The van der Waals surface area contributed by atoms with E-state index in [-0.39, 0.29) is 17.9 Å². The average molecular weight is 345 g/mol. The molecule has 2 bridgehead atoms. The minimum absolute atomic E-state index is 0.0964. The van der Waals surface area contributed by atoms with Crippen LogP contribution in [-0.4, -0.2) is 58.2 Å². The maximum absolute atomic E-state index is 12.6. The molecular formula is C18H27N5O2. The fraction of sp³-hybridized carbons (Fsp3) is 0.722. The lowest BCUT2D eigenvalue weighted by Gasteiger charge is -2.54. The molecule has 4 heterocycles. The molecule has 4 atom stereocenters. The molecule has 0 aliphatic carbocycles. The van der Waals surface area contributed by atoms with Gasteiger partial charge in [0.1, 0.15) is 5.69 Å². The lowest BCUT2D eigenvalue weighted by Crippen LogP contribution is -2.66. The van der Waals surface area contributed by atoms with Crippen LogP contribution in [0.15, 0.2) is 12.3 Å². The Balaban J connectivity index is 1.47. The maximum Gasteiger partial charge on any atom is 0.271 e. The summed E-state index contributed by atoms with van der Waals surface area (Å²) < 4.78 is 1.75. The number of nitrogens with one attached hydrogen (secondary N) is 2. The molecule has 1 aromatic heterocycles. The monoisotopic (exact) mass is 345 g/mol. The van der Waals surface area contributed by atoms with Crippen molar-refractivity contribution in [3.8, 4) is 0 Å². The van der Waals surface area contributed by atoms with Gasteiger partial charge in [-0.1, -0.05) is 0 Å². The number of amides is 2. The Morgan fingerprint density at radius 2 is 2.24 bits per heavy atom. The molecule has 4 rings (SSSR count). The number of hydrogen-bond acceptors (Lipinski definition) is 4. The number of fused-ring (bicyclic) bond motifs is 4. The van der Waals surface area contributed by atoms with E-state index >= 15 is 0 Å². The van der Waals surface area contributed by atoms with E-state index in [0.717, 1.165) is 38.9 Å². The molecule has 136 valence electrons. The first kappa shape index (κ1) is 16.6. The van der Waals surface area contributed by atoms with E-state index in [2.05, 4.69) is 20.6 Å². The first-order valence-corrected chi connectivity index (χ1v) is 9.51. The van der Waals surface area contributed by atoms with Gasteiger partial charge in [-0.05, 0) is 50.6 Å². The van der Waals surface area contributed by atoms with Gasteiger partial charge in [-0.15, -0.1) is 0 Å².